The highest BCUT2D eigenvalue weighted by Gasteiger charge is 1.95. The lowest BCUT2D eigenvalue weighted by Crippen LogP contribution is -2.24. The fraction of sp³-hybridized carbons (Fsp3) is 0.625. The summed E-state index contributed by atoms with van der Waals surface area (Å²) in [6.07, 6.45) is 1.28. The van der Waals surface area contributed by atoms with Crippen molar-refractivity contribution in [1.82, 2.24) is 5.32 Å². The van der Waals surface area contributed by atoms with Gasteiger partial charge in [0.15, 0.2) is 0 Å². The molecule has 0 aliphatic carbocycles. The number of carbonyl (C=O) groups excluding carboxylic acids is 1. The van der Waals surface area contributed by atoms with E-state index in [2.05, 4.69) is 33.1 Å². The Balaban J connectivity index is 3.22. The number of amides is 1. The summed E-state index contributed by atoms with van der Waals surface area (Å²) in [5.74, 6) is 5.72. The van der Waals surface area contributed by atoms with Crippen LogP contribution in [0.25, 0.3) is 0 Å². The van der Waals surface area contributed by atoms with Gasteiger partial charge in [0.25, 0.3) is 0 Å². The number of halogens is 1. The Kier molecular flexibility index (Phi) is 7.28. The van der Waals surface area contributed by atoms with Crippen LogP contribution in [0, 0.1) is 11.8 Å². The number of nitrogens with one attached hydrogen (secondary N) is 1. The minimum Gasteiger partial charge on any atom is -0.355 e. The molecular weight excluding hydrogens is 206 g/mol. The lowest BCUT2D eigenvalue weighted by atomic mass is 10.4. The molecule has 0 aliphatic heterocycles. The molecule has 0 unspecified atom stereocenters. The largest absolute Gasteiger partial charge is 0.355 e. The van der Waals surface area contributed by atoms with Gasteiger partial charge in [-0.25, -0.2) is 0 Å². The third kappa shape index (κ3) is 7.41. The van der Waals surface area contributed by atoms with Gasteiger partial charge in [-0.1, -0.05) is 15.9 Å². The Morgan fingerprint density at radius 1 is 1.64 bits per heavy atom. The van der Waals surface area contributed by atoms with Gasteiger partial charge >= 0.3 is 0 Å². The maximum Gasteiger partial charge on any atom is 0.220 e. The van der Waals surface area contributed by atoms with Crippen molar-refractivity contribution in [1.29, 1.82) is 0 Å². The zero-order chi connectivity index (χ0) is 8.53. The zero-order valence-corrected chi connectivity index (χ0v) is 8.20. The normalized spacial score (nSPS) is 8.18. The van der Waals surface area contributed by atoms with Gasteiger partial charge in [0.1, 0.15) is 0 Å². The quantitative estimate of drug-likeness (QED) is 0.430. The molecule has 0 radical (unpaired) electrons. The van der Waals surface area contributed by atoms with Gasteiger partial charge in [-0.3, -0.25) is 4.79 Å². The third-order valence-corrected chi connectivity index (χ3v) is 1.47. The van der Waals surface area contributed by atoms with Crippen molar-refractivity contribution >= 4 is 21.8 Å². The van der Waals surface area contributed by atoms with Crippen LogP contribution in [0.1, 0.15) is 19.8 Å². The van der Waals surface area contributed by atoms with Crippen molar-refractivity contribution in [2.75, 3.05) is 11.9 Å². The summed E-state index contributed by atoms with van der Waals surface area (Å²) in [6, 6.07) is 0. The van der Waals surface area contributed by atoms with Gasteiger partial charge in [0.05, 0.1) is 0 Å². The van der Waals surface area contributed by atoms with Crippen LogP contribution in [0.2, 0.25) is 0 Å². The second kappa shape index (κ2) is 7.62. The molecule has 0 bridgehead atoms. The van der Waals surface area contributed by atoms with Gasteiger partial charge in [-0.2, -0.15) is 0 Å². The van der Waals surface area contributed by atoms with Gasteiger partial charge in [-0.05, 0) is 6.92 Å². The third-order valence-electron chi connectivity index (χ3n) is 1.07. The summed E-state index contributed by atoms with van der Waals surface area (Å²) in [6.45, 7) is 2.45. The molecule has 0 spiro atoms. The molecule has 1 amide bonds. The molecule has 2 nitrogen and oxygen atoms in total. The first-order valence-electron chi connectivity index (χ1n) is 3.53. The van der Waals surface area contributed by atoms with Crippen molar-refractivity contribution in [3.63, 3.8) is 0 Å². The van der Waals surface area contributed by atoms with Crippen molar-refractivity contribution in [3.8, 4) is 11.8 Å². The Morgan fingerprint density at radius 2 is 2.36 bits per heavy atom. The number of hydrogen-bond donors (Lipinski definition) is 1. The Morgan fingerprint density at radius 3 is 2.91 bits per heavy atom. The topological polar surface area (TPSA) is 29.1 Å². The fourth-order valence-corrected chi connectivity index (χ4v) is 0.924. The van der Waals surface area contributed by atoms with Crippen LogP contribution in [0.3, 0.4) is 0 Å². The molecule has 0 aromatic rings. The average molecular weight is 218 g/mol. The lowest BCUT2D eigenvalue weighted by molar-refractivity contribution is -0.120. The minimum absolute atomic E-state index is 0.0831. The van der Waals surface area contributed by atoms with Gasteiger partial charge < -0.3 is 5.32 Å². The maximum atomic E-state index is 10.8. The van der Waals surface area contributed by atoms with E-state index in [-0.39, 0.29) is 5.91 Å². The van der Waals surface area contributed by atoms with Crippen LogP contribution >= 0.6 is 15.9 Å². The van der Waals surface area contributed by atoms with E-state index in [1.807, 2.05) is 0 Å². The van der Waals surface area contributed by atoms with Crippen LogP contribution in [0.15, 0.2) is 0 Å². The summed E-state index contributed by atoms with van der Waals surface area (Å²) in [7, 11) is 0. The summed E-state index contributed by atoms with van der Waals surface area (Å²) in [4.78, 5) is 10.8. The lowest BCUT2D eigenvalue weighted by Gasteiger charge is -1.98. The average Bonchev–Trinajstić information content (AvgIpc) is 1.99. The highest BCUT2D eigenvalue weighted by atomic mass is 79.9. The van der Waals surface area contributed by atoms with Gasteiger partial charge in [0.2, 0.25) is 5.91 Å². The summed E-state index contributed by atoms with van der Waals surface area (Å²) < 4.78 is 0. The Labute approximate surface area is 75.9 Å². The molecule has 0 aromatic heterocycles. The van der Waals surface area contributed by atoms with E-state index in [1.165, 1.54) is 0 Å². The monoisotopic (exact) mass is 217 g/mol. The van der Waals surface area contributed by atoms with E-state index in [9.17, 15) is 4.79 Å². The second-order valence-corrected chi connectivity index (χ2v) is 2.76. The van der Waals surface area contributed by atoms with Gasteiger partial charge in [-0.15, -0.1) is 11.8 Å². The van der Waals surface area contributed by atoms with Crippen LogP contribution in [-0.4, -0.2) is 17.8 Å². The summed E-state index contributed by atoms with van der Waals surface area (Å²) in [5, 5.41) is 3.47. The summed E-state index contributed by atoms with van der Waals surface area (Å²) >= 11 is 3.18. The Bertz CT molecular complexity index is 169. The van der Waals surface area contributed by atoms with Crippen LogP contribution in [0.5, 0.6) is 0 Å². The SMILES string of the molecule is CC#CCCNC(=O)CCBr. The van der Waals surface area contributed by atoms with Crippen molar-refractivity contribution < 1.29 is 4.79 Å². The molecule has 62 valence electrons. The molecular formula is C8H12BrNO. The number of rotatable bonds is 4. The molecule has 0 aliphatic rings. The molecule has 0 atom stereocenters. The van der Waals surface area contributed by atoms with Crippen molar-refractivity contribution in [2.24, 2.45) is 0 Å². The van der Waals surface area contributed by atoms with E-state index in [0.717, 1.165) is 11.8 Å². The summed E-state index contributed by atoms with van der Waals surface area (Å²) in [5.41, 5.74) is 0. The Hall–Kier alpha value is -0.490. The number of alkyl halides is 1. The molecule has 1 N–H and O–H groups in total. The molecule has 0 aromatic carbocycles. The second-order valence-electron chi connectivity index (χ2n) is 1.97. The standard InChI is InChI=1S/C8H12BrNO/c1-2-3-4-7-10-8(11)5-6-9/h4-7H2,1H3,(H,10,11). The number of carbonyl (C=O) groups is 1. The maximum absolute atomic E-state index is 10.8. The first kappa shape index (κ1) is 10.5. The van der Waals surface area contributed by atoms with Gasteiger partial charge in [0, 0.05) is 24.7 Å². The van der Waals surface area contributed by atoms with Crippen LogP contribution in [-0.2, 0) is 4.79 Å². The molecule has 0 saturated carbocycles. The van der Waals surface area contributed by atoms with E-state index in [0.29, 0.717) is 13.0 Å². The van der Waals surface area contributed by atoms with E-state index in [4.69, 9.17) is 0 Å². The molecule has 0 saturated heterocycles. The molecule has 3 heteroatoms. The predicted octanol–water partition coefficient (Wildman–Crippen LogP) is 1.30. The van der Waals surface area contributed by atoms with Crippen molar-refractivity contribution in [3.05, 3.63) is 0 Å². The van der Waals surface area contributed by atoms with Crippen LogP contribution < -0.4 is 5.32 Å². The predicted molar refractivity (Wildman–Crippen MR) is 49.5 cm³/mol. The first-order valence-corrected chi connectivity index (χ1v) is 4.65. The van der Waals surface area contributed by atoms with E-state index in [1.54, 1.807) is 6.92 Å². The first-order chi connectivity index (χ1) is 5.31. The van der Waals surface area contributed by atoms with Crippen LogP contribution in [0.4, 0.5) is 0 Å². The van der Waals surface area contributed by atoms with E-state index < -0.39 is 0 Å². The number of hydrogen-bond acceptors (Lipinski definition) is 1. The highest BCUT2D eigenvalue weighted by molar-refractivity contribution is 9.09. The molecule has 0 heterocycles. The minimum atomic E-state index is 0.0831. The van der Waals surface area contributed by atoms with Crippen molar-refractivity contribution in [2.45, 2.75) is 19.8 Å². The highest BCUT2D eigenvalue weighted by Crippen LogP contribution is 1.86. The molecule has 11 heavy (non-hydrogen) atoms. The molecule has 0 rings (SSSR count). The molecule has 0 fully saturated rings. The fourth-order valence-electron chi connectivity index (χ4n) is 0.564. The smallest absolute Gasteiger partial charge is 0.220 e. The van der Waals surface area contributed by atoms with E-state index >= 15 is 0 Å². The zero-order valence-electron chi connectivity index (χ0n) is 6.61.